The quantitative estimate of drug-likeness (QED) is 0.737. The number of nitrogens with zero attached hydrogens (tertiary/aromatic N) is 1. The van der Waals surface area contributed by atoms with E-state index in [1.54, 1.807) is 4.90 Å². The molecule has 2 rings (SSSR count). The van der Waals surface area contributed by atoms with Gasteiger partial charge in [0.1, 0.15) is 0 Å². The normalized spacial score (nSPS) is 15.9. The van der Waals surface area contributed by atoms with Gasteiger partial charge in [0, 0.05) is 25.6 Å². The Kier molecular flexibility index (Phi) is 8.45. The Morgan fingerprint density at radius 2 is 1.81 bits per heavy atom. The van der Waals surface area contributed by atoms with Crippen LogP contribution in [0.1, 0.15) is 70.4 Å². The van der Waals surface area contributed by atoms with Crippen LogP contribution < -0.4 is 10.6 Å². The van der Waals surface area contributed by atoms with E-state index in [-0.39, 0.29) is 18.0 Å². The van der Waals surface area contributed by atoms with Crippen LogP contribution in [0.15, 0.2) is 30.3 Å². The fraction of sp³-hybridized carbons (Fsp3) is 0.619. The van der Waals surface area contributed by atoms with Crippen molar-refractivity contribution >= 4 is 11.9 Å². The smallest absolute Gasteiger partial charge is 0.317 e. The van der Waals surface area contributed by atoms with Gasteiger partial charge in [-0.2, -0.15) is 0 Å². The molecule has 26 heavy (non-hydrogen) atoms. The van der Waals surface area contributed by atoms with Crippen LogP contribution in [-0.2, 0) is 4.79 Å². The fourth-order valence-corrected chi connectivity index (χ4v) is 3.47. The van der Waals surface area contributed by atoms with Gasteiger partial charge in [-0.05, 0) is 31.7 Å². The molecule has 1 aliphatic carbocycles. The summed E-state index contributed by atoms with van der Waals surface area (Å²) < 4.78 is 0. The zero-order chi connectivity index (χ0) is 18.8. The Morgan fingerprint density at radius 1 is 1.12 bits per heavy atom. The zero-order valence-electron chi connectivity index (χ0n) is 16.2. The van der Waals surface area contributed by atoms with Crippen molar-refractivity contribution in [2.75, 3.05) is 13.1 Å². The summed E-state index contributed by atoms with van der Waals surface area (Å²) in [5, 5.41) is 6.17. The van der Waals surface area contributed by atoms with Crippen LogP contribution in [0.4, 0.5) is 4.79 Å². The first-order valence-electron chi connectivity index (χ1n) is 10.00. The predicted octanol–water partition coefficient (Wildman–Crippen LogP) is 4.01. The van der Waals surface area contributed by atoms with Gasteiger partial charge in [0.2, 0.25) is 5.91 Å². The van der Waals surface area contributed by atoms with Crippen LogP contribution in [-0.4, -0.2) is 36.0 Å². The third-order valence-electron chi connectivity index (χ3n) is 5.00. The van der Waals surface area contributed by atoms with Gasteiger partial charge >= 0.3 is 6.03 Å². The minimum atomic E-state index is -0.0283. The average molecular weight is 360 g/mol. The van der Waals surface area contributed by atoms with Crippen molar-refractivity contribution in [3.63, 3.8) is 0 Å². The third kappa shape index (κ3) is 6.70. The molecule has 0 radical (unpaired) electrons. The zero-order valence-corrected chi connectivity index (χ0v) is 16.2. The number of amides is 3. The molecule has 3 amide bonds. The second-order valence-corrected chi connectivity index (χ2v) is 7.22. The monoisotopic (exact) mass is 359 g/mol. The van der Waals surface area contributed by atoms with Crippen molar-refractivity contribution in [1.82, 2.24) is 15.5 Å². The van der Waals surface area contributed by atoms with Crippen LogP contribution in [0.25, 0.3) is 0 Å². The lowest BCUT2D eigenvalue weighted by Crippen LogP contribution is -2.46. The van der Waals surface area contributed by atoms with E-state index in [9.17, 15) is 9.59 Å². The number of urea groups is 1. The van der Waals surface area contributed by atoms with Crippen molar-refractivity contribution in [2.45, 2.75) is 70.9 Å². The Morgan fingerprint density at radius 3 is 2.46 bits per heavy atom. The van der Waals surface area contributed by atoms with E-state index in [0.717, 1.165) is 24.8 Å². The minimum absolute atomic E-state index is 0.0204. The van der Waals surface area contributed by atoms with Crippen LogP contribution in [0.2, 0.25) is 0 Å². The van der Waals surface area contributed by atoms with E-state index in [1.807, 2.05) is 37.3 Å². The van der Waals surface area contributed by atoms with Gasteiger partial charge in [0.15, 0.2) is 0 Å². The van der Waals surface area contributed by atoms with Crippen LogP contribution in [0, 0.1) is 0 Å². The molecule has 0 aromatic heterocycles. The molecule has 1 aromatic carbocycles. The molecule has 0 bridgehead atoms. The summed E-state index contributed by atoms with van der Waals surface area (Å²) in [5.41, 5.74) is 1.08. The van der Waals surface area contributed by atoms with Gasteiger partial charge < -0.3 is 15.5 Å². The van der Waals surface area contributed by atoms with Crippen LogP contribution in [0.3, 0.4) is 0 Å². The number of nitrogens with one attached hydrogen (secondary N) is 2. The summed E-state index contributed by atoms with van der Waals surface area (Å²) in [6.07, 6.45) is 7.01. The molecule has 0 heterocycles. The molecule has 1 saturated carbocycles. The summed E-state index contributed by atoms with van der Waals surface area (Å²) in [6.45, 7) is 5.17. The minimum Gasteiger partial charge on any atom is -0.350 e. The summed E-state index contributed by atoms with van der Waals surface area (Å²) in [4.78, 5) is 26.6. The highest BCUT2D eigenvalue weighted by atomic mass is 16.2. The Bertz CT molecular complexity index is 556. The Balaban J connectivity index is 1.79. The van der Waals surface area contributed by atoms with Crippen molar-refractivity contribution in [3.05, 3.63) is 35.9 Å². The lowest BCUT2D eigenvalue weighted by atomic mass is 9.96. The molecule has 5 nitrogen and oxygen atoms in total. The summed E-state index contributed by atoms with van der Waals surface area (Å²) in [6, 6.07) is 10.2. The average Bonchev–Trinajstić information content (AvgIpc) is 2.66. The van der Waals surface area contributed by atoms with Crippen LogP contribution >= 0.6 is 0 Å². The lowest BCUT2D eigenvalue weighted by molar-refractivity contribution is -0.121. The molecule has 1 fully saturated rings. The molecule has 144 valence electrons. The summed E-state index contributed by atoms with van der Waals surface area (Å²) in [7, 11) is 0. The van der Waals surface area contributed by atoms with Gasteiger partial charge in [0.25, 0.3) is 0 Å². The molecule has 2 N–H and O–H groups in total. The maximum absolute atomic E-state index is 12.5. The highest BCUT2D eigenvalue weighted by Crippen LogP contribution is 2.17. The maximum atomic E-state index is 12.5. The van der Waals surface area contributed by atoms with Crippen molar-refractivity contribution in [2.24, 2.45) is 0 Å². The number of carbonyl (C=O) groups is 2. The largest absolute Gasteiger partial charge is 0.350 e. The number of hydrogen-bond acceptors (Lipinski definition) is 2. The molecular weight excluding hydrogens is 326 g/mol. The van der Waals surface area contributed by atoms with Crippen molar-refractivity contribution in [1.29, 1.82) is 0 Å². The molecule has 1 unspecified atom stereocenters. The molecule has 1 atom stereocenters. The van der Waals surface area contributed by atoms with E-state index < -0.39 is 0 Å². The van der Waals surface area contributed by atoms with Gasteiger partial charge in [0.05, 0.1) is 6.04 Å². The lowest BCUT2D eigenvalue weighted by Gasteiger charge is -2.28. The number of carbonyl (C=O) groups excluding carboxylic acids is 2. The fourth-order valence-electron chi connectivity index (χ4n) is 3.47. The van der Waals surface area contributed by atoms with Gasteiger partial charge in [-0.25, -0.2) is 4.79 Å². The van der Waals surface area contributed by atoms with E-state index >= 15 is 0 Å². The predicted molar refractivity (Wildman–Crippen MR) is 105 cm³/mol. The first kappa shape index (κ1) is 20.3. The van der Waals surface area contributed by atoms with Gasteiger partial charge in [-0.3, -0.25) is 4.79 Å². The van der Waals surface area contributed by atoms with E-state index in [2.05, 4.69) is 17.6 Å². The summed E-state index contributed by atoms with van der Waals surface area (Å²) >= 11 is 0. The maximum Gasteiger partial charge on any atom is 0.317 e. The topological polar surface area (TPSA) is 61.4 Å². The Labute approximate surface area is 157 Å². The molecule has 1 aliphatic rings. The summed E-state index contributed by atoms with van der Waals surface area (Å²) in [5.74, 6) is -0.0204. The molecule has 0 aliphatic heterocycles. The van der Waals surface area contributed by atoms with Gasteiger partial charge in [-0.15, -0.1) is 0 Å². The van der Waals surface area contributed by atoms with Crippen molar-refractivity contribution < 1.29 is 9.59 Å². The standard InChI is InChI=1S/C21H33N3O2/c1-3-15-24(21(26)23-19-12-8-5-9-13-19)16-14-20(25)22-17(2)18-10-6-4-7-11-18/h4,6-7,10-11,17,19H,3,5,8-9,12-16H2,1-2H3,(H,22,25)(H,23,26). The SMILES string of the molecule is CCCN(CCC(=O)NC(C)c1ccccc1)C(=O)NC1CCCCC1. The molecular formula is C21H33N3O2. The Hall–Kier alpha value is -2.04. The molecule has 1 aromatic rings. The van der Waals surface area contributed by atoms with Gasteiger partial charge in [-0.1, -0.05) is 56.5 Å². The number of rotatable bonds is 8. The molecule has 0 spiro atoms. The molecule has 0 saturated heterocycles. The molecule has 5 heteroatoms. The second kappa shape index (κ2) is 10.8. The number of benzene rings is 1. The van der Waals surface area contributed by atoms with Crippen LogP contribution in [0.5, 0.6) is 0 Å². The second-order valence-electron chi connectivity index (χ2n) is 7.22. The van der Waals surface area contributed by atoms with E-state index in [1.165, 1.54) is 19.3 Å². The first-order chi connectivity index (χ1) is 12.6. The third-order valence-corrected chi connectivity index (χ3v) is 5.00. The van der Waals surface area contributed by atoms with E-state index in [0.29, 0.717) is 25.6 Å². The first-order valence-corrected chi connectivity index (χ1v) is 10.00. The van der Waals surface area contributed by atoms with Crippen molar-refractivity contribution in [3.8, 4) is 0 Å². The van der Waals surface area contributed by atoms with E-state index in [4.69, 9.17) is 0 Å². The highest BCUT2D eigenvalue weighted by molar-refractivity contribution is 5.78. The highest BCUT2D eigenvalue weighted by Gasteiger charge is 2.20. The number of hydrogen-bond donors (Lipinski definition) is 2.